The number of carbonyl (C=O) groups is 1. The fraction of sp³-hybridized carbons (Fsp3) is 0.545. The van der Waals surface area contributed by atoms with Crippen LogP contribution < -0.4 is 5.73 Å². The average molecular weight is 240 g/mol. The molecule has 0 fully saturated rings. The number of nitrogens with zero attached hydrogens (tertiary/aromatic N) is 1. The first-order valence-electron chi connectivity index (χ1n) is 5.38. The second-order valence-electron chi connectivity index (χ2n) is 3.85. The predicted molar refractivity (Wildman–Crippen MR) is 64.7 cm³/mol. The van der Waals surface area contributed by atoms with Crippen LogP contribution in [0.4, 0.5) is 5.00 Å². The summed E-state index contributed by atoms with van der Waals surface area (Å²) >= 11 is 1.51. The zero-order chi connectivity index (χ0) is 11.7. The number of methoxy groups -OCH3 is 1. The Hall–Kier alpha value is -1.07. The summed E-state index contributed by atoms with van der Waals surface area (Å²) in [5, 5.41) is 0.592. The van der Waals surface area contributed by atoms with Crippen molar-refractivity contribution in [1.29, 1.82) is 0 Å². The number of nitrogens with two attached hydrogens (primary N) is 1. The minimum Gasteiger partial charge on any atom is -0.465 e. The van der Waals surface area contributed by atoms with Crippen LogP contribution in [0.1, 0.15) is 27.7 Å². The molecule has 1 aliphatic heterocycles. The molecule has 0 saturated heterocycles. The van der Waals surface area contributed by atoms with Gasteiger partial charge in [0.15, 0.2) is 0 Å². The average Bonchev–Trinajstić information content (AvgIpc) is 2.62. The quantitative estimate of drug-likeness (QED) is 0.796. The van der Waals surface area contributed by atoms with Gasteiger partial charge in [-0.2, -0.15) is 0 Å². The maximum absolute atomic E-state index is 11.6. The lowest BCUT2D eigenvalue weighted by molar-refractivity contribution is 0.0600. The number of carbonyl (C=O) groups excluding carboxylic acids is 1. The zero-order valence-corrected chi connectivity index (χ0v) is 10.4. The van der Waals surface area contributed by atoms with Crippen LogP contribution in [0, 0.1) is 0 Å². The number of hydrogen-bond donors (Lipinski definition) is 1. The third-order valence-electron chi connectivity index (χ3n) is 3.00. The molecule has 1 aromatic rings. The minimum absolute atomic E-state index is 0.306. The second kappa shape index (κ2) is 4.43. The van der Waals surface area contributed by atoms with Gasteiger partial charge in [0.05, 0.1) is 12.7 Å². The molecule has 16 heavy (non-hydrogen) atoms. The summed E-state index contributed by atoms with van der Waals surface area (Å²) in [4.78, 5) is 15.2. The van der Waals surface area contributed by atoms with E-state index in [1.54, 1.807) is 0 Å². The van der Waals surface area contributed by atoms with Gasteiger partial charge in [-0.25, -0.2) is 4.79 Å². The first-order chi connectivity index (χ1) is 7.67. The van der Waals surface area contributed by atoms with Gasteiger partial charge >= 0.3 is 5.97 Å². The Morgan fingerprint density at radius 1 is 1.62 bits per heavy atom. The SMILES string of the molecule is CCN1CCc2c(sc(N)c2C(=O)OC)C1. The van der Waals surface area contributed by atoms with E-state index in [4.69, 9.17) is 10.5 Å². The third kappa shape index (κ3) is 1.81. The lowest BCUT2D eigenvalue weighted by Crippen LogP contribution is -2.29. The van der Waals surface area contributed by atoms with Crippen molar-refractivity contribution in [3.63, 3.8) is 0 Å². The minimum atomic E-state index is -0.306. The number of anilines is 1. The molecule has 0 atom stereocenters. The van der Waals surface area contributed by atoms with E-state index in [1.165, 1.54) is 23.3 Å². The van der Waals surface area contributed by atoms with Crippen LogP contribution in [-0.2, 0) is 17.7 Å². The lowest BCUT2D eigenvalue weighted by atomic mass is 10.0. The summed E-state index contributed by atoms with van der Waals surface area (Å²) in [5.41, 5.74) is 7.58. The number of esters is 1. The van der Waals surface area contributed by atoms with Gasteiger partial charge in [-0.15, -0.1) is 11.3 Å². The van der Waals surface area contributed by atoms with Gasteiger partial charge < -0.3 is 10.5 Å². The lowest BCUT2D eigenvalue weighted by Gasteiger charge is -2.25. The first-order valence-corrected chi connectivity index (χ1v) is 6.19. The summed E-state index contributed by atoms with van der Waals surface area (Å²) in [6, 6.07) is 0. The Balaban J connectivity index is 2.36. The maximum atomic E-state index is 11.6. The summed E-state index contributed by atoms with van der Waals surface area (Å²) < 4.78 is 4.77. The Morgan fingerprint density at radius 2 is 2.38 bits per heavy atom. The molecule has 4 nitrogen and oxygen atoms in total. The topological polar surface area (TPSA) is 55.6 Å². The summed E-state index contributed by atoms with van der Waals surface area (Å²) in [6.45, 7) is 5.06. The van der Waals surface area contributed by atoms with Gasteiger partial charge in [0.25, 0.3) is 0 Å². The van der Waals surface area contributed by atoms with Gasteiger partial charge in [0.2, 0.25) is 0 Å². The van der Waals surface area contributed by atoms with Crippen molar-refractivity contribution in [3.8, 4) is 0 Å². The number of likely N-dealkylation sites (N-methyl/N-ethyl adjacent to an activating group) is 1. The van der Waals surface area contributed by atoms with Gasteiger partial charge in [-0.3, -0.25) is 4.90 Å². The third-order valence-corrected chi connectivity index (χ3v) is 4.05. The molecule has 0 aliphatic carbocycles. The second-order valence-corrected chi connectivity index (χ2v) is 4.99. The molecule has 1 aliphatic rings. The van der Waals surface area contributed by atoms with Crippen LogP contribution in [-0.4, -0.2) is 31.1 Å². The predicted octanol–water partition coefficient (Wildman–Crippen LogP) is 1.49. The Bertz CT molecular complexity index is 414. The Labute approximate surface area is 99.0 Å². The largest absolute Gasteiger partial charge is 0.465 e. The molecule has 0 unspecified atom stereocenters. The number of ether oxygens (including phenoxy) is 1. The number of thiophene rings is 1. The van der Waals surface area contributed by atoms with Crippen molar-refractivity contribution < 1.29 is 9.53 Å². The zero-order valence-electron chi connectivity index (χ0n) is 9.58. The van der Waals surface area contributed by atoms with Crippen molar-refractivity contribution >= 4 is 22.3 Å². The molecule has 2 rings (SSSR count). The first kappa shape index (κ1) is 11.4. The molecule has 0 saturated carbocycles. The maximum Gasteiger partial charge on any atom is 0.341 e. The Morgan fingerprint density at radius 3 is 3.00 bits per heavy atom. The van der Waals surface area contributed by atoms with E-state index in [2.05, 4.69) is 11.8 Å². The van der Waals surface area contributed by atoms with E-state index in [0.29, 0.717) is 10.6 Å². The van der Waals surface area contributed by atoms with Crippen molar-refractivity contribution in [2.24, 2.45) is 0 Å². The molecule has 0 amide bonds. The highest BCUT2D eigenvalue weighted by Gasteiger charge is 2.26. The van der Waals surface area contributed by atoms with Crippen molar-refractivity contribution in [1.82, 2.24) is 4.90 Å². The number of fused-ring (bicyclic) bond motifs is 1. The van der Waals surface area contributed by atoms with Crippen LogP contribution in [0.25, 0.3) is 0 Å². The molecule has 0 bridgehead atoms. The van der Waals surface area contributed by atoms with E-state index in [1.807, 2.05) is 0 Å². The molecule has 1 aromatic heterocycles. The number of hydrogen-bond acceptors (Lipinski definition) is 5. The normalized spacial score (nSPS) is 15.9. The van der Waals surface area contributed by atoms with E-state index in [-0.39, 0.29) is 5.97 Å². The molecule has 0 radical (unpaired) electrons. The summed E-state index contributed by atoms with van der Waals surface area (Å²) in [6.07, 6.45) is 0.890. The molecular weight excluding hydrogens is 224 g/mol. The van der Waals surface area contributed by atoms with E-state index in [0.717, 1.165) is 31.6 Å². The van der Waals surface area contributed by atoms with Crippen LogP contribution >= 0.6 is 11.3 Å². The van der Waals surface area contributed by atoms with Crippen LogP contribution in [0.3, 0.4) is 0 Å². The number of rotatable bonds is 2. The number of nitrogen functional groups attached to an aromatic ring is 1. The summed E-state index contributed by atoms with van der Waals surface area (Å²) in [5.74, 6) is -0.306. The Kier molecular flexibility index (Phi) is 3.16. The highest BCUT2D eigenvalue weighted by molar-refractivity contribution is 7.16. The van der Waals surface area contributed by atoms with E-state index < -0.39 is 0 Å². The van der Waals surface area contributed by atoms with E-state index in [9.17, 15) is 4.79 Å². The molecule has 2 N–H and O–H groups in total. The summed E-state index contributed by atoms with van der Waals surface area (Å²) in [7, 11) is 1.40. The fourth-order valence-corrected chi connectivity index (χ4v) is 3.22. The smallest absolute Gasteiger partial charge is 0.341 e. The fourth-order valence-electron chi connectivity index (χ4n) is 2.07. The van der Waals surface area contributed by atoms with Crippen molar-refractivity contribution in [2.75, 3.05) is 25.9 Å². The monoisotopic (exact) mass is 240 g/mol. The van der Waals surface area contributed by atoms with Crippen LogP contribution in [0.5, 0.6) is 0 Å². The molecule has 5 heteroatoms. The molecular formula is C11H16N2O2S. The molecule has 2 heterocycles. The van der Waals surface area contributed by atoms with Crippen molar-refractivity contribution in [2.45, 2.75) is 19.9 Å². The van der Waals surface area contributed by atoms with Crippen molar-refractivity contribution in [3.05, 3.63) is 16.0 Å². The van der Waals surface area contributed by atoms with Gasteiger partial charge in [0, 0.05) is 18.0 Å². The van der Waals surface area contributed by atoms with Gasteiger partial charge in [0.1, 0.15) is 5.00 Å². The van der Waals surface area contributed by atoms with E-state index >= 15 is 0 Å². The van der Waals surface area contributed by atoms with Crippen LogP contribution in [0.2, 0.25) is 0 Å². The molecule has 0 spiro atoms. The highest BCUT2D eigenvalue weighted by atomic mass is 32.1. The van der Waals surface area contributed by atoms with Gasteiger partial charge in [-0.05, 0) is 18.5 Å². The standard InChI is InChI=1S/C11H16N2O2S/c1-3-13-5-4-7-8(6-13)16-10(12)9(7)11(14)15-2/h3-6,12H2,1-2H3. The van der Waals surface area contributed by atoms with Gasteiger partial charge in [-0.1, -0.05) is 6.92 Å². The highest BCUT2D eigenvalue weighted by Crippen LogP contribution is 2.35. The van der Waals surface area contributed by atoms with Crippen LogP contribution in [0.15, 0.2) is 0 Å². The molecule has 88 valence electrons. The molecule has 0 aromatic carbocycles.